The molecule has 0 atom stereocenters. The highest BCUT2D eigenvalue weighted by molar-refractivity contribution is 9.11. The molecule has 1 heterocycles. The molecule has 2 nitrogen and oxygen atoms in total. The molecule has 0 aliphatic heterocycles. The van der Waals surface area contributed by atoms with E-state index in [0.29, 0.717) is 11.6 Å². The van der Waals surface area contributed by atoms with Gasteiger partial charge < -0.3 is 10.1 Å². The lowest BCUT2D eigenvalue weighted by molar-refractivity contribution is 0.319. The topological polar surface area (TPSA) is 21.3 Å². The van der Waals surface area contributed by atoms with Crippen LogP contribution in [-0.2, 0) is 6.54 Å². The molecule has 2 rings (SSSR count). The van der Waals surface area contributed by atoms with Gasteiger partial charge in [-0.15, -0.1) is 11.3 Å². The molecule has 0 spiro atoms. The number of hydrogen-bond acceptors (Lipinski definition) is 3. The molecule has 0 saturated heterocycles. The fourth-order valence-electron chi connectivity index (χ4n) is 1.61. The van der Waals surface area contributed by atoms with Crippen molar-refractivity contribution in [2.24, 2.45) is 0 Å². The average molecular weight is 361 g/mol. The van der Waals surface area contributed by atoms with Gasteiger partial charge >= 0.3 is 0 Å². The lowest BCUT2D eigenvalue weighted by atomic mass is 10.2. The smallest absolute Gasteiger partial charge is 0.142 e. The standard InChI is InChI=1S/C14H15BrClNOS/c1-2-5-18-13-4-3-11(16)7-12(13)17-8-10-6-14(15)19-9-10/h3-4,6-7,9,17H,2,5,8H2,1H3. The second kappa shape index (κ2) is 7.17. The first-order chi connectivity index (χ1) is 9.19. The quantitative estimate of drug-likeness (QED) is 0.727. The van der Waals surface area contributed by atoms with Crippen molar-refractivity contribution < 1.29 is 4.74 Å². The first-order valence-electron chi connectivity index (χ1n) is 6.08. The van der Waals surface area contributed by atoms with Gasteiger partial charge in [-0.1, -0.05) is 18.5 Å². The second-order valence-electron chi connectivity index (χ2n) is 4.10. The fraction of sp³-hybridized carbons (Fsp3) is 0.286. The Bertz CT molecular complexity index is 544. The Kier molecular flexibility index (Phi) is 5.55. The number of hydrogen-bond donors (Lipinski definition) is 1. The Hall–Kier alpha value is -0.710. The van der Waals surface area contributed by atoms with Crippen molar-refractivity contribution in [1.82, 2.24) is 0 Å². The molecule has 0 radical (unpaired) electrons. The van der Waals surface area contributed by atoms with E-state index in [1.54, 1.807) is 11.3 Å². The van der Waals surface area contributed by atoms with Crippen LogP contribution in [0.4, 0.5) is 5.69 Å². The minimum Gasteiger partial charge on any atom is -0.491 e. The SMILES string of the molecule is CCCOc1ccc(Cl)cc1NCc1csc(Br)c1. The van der Waals surface area contributed by atoms with E-state index in [2.05, 4.69) is 39.6 Å². The summed E-state index contributed by atoms with van der Waals surface area (Å²) < 4.78 is 6.84. The molecule has 2 aromatic rings. The molecular weight excluding hydrogens is 346 g/mol. The van der Waals surface area contributed by atoms with Gasteiger partial charge in [0.15, 0.2) is 0 Å². The molecule has 0 unspecified atom stereocenters. The molecule has 5 heteroatoms. The van der Waals surface area contributed by atoms with Crippen molar-refractivity contribution >= 4 is 44.6 Å². The number of ether oxygens (including phenoxy) is 1. The van der Waals surface area contributed by atoms with Crippen LogP contribution in [0, 0.1) is 0 Å². The largest absolute Gasteiger partial charge is 0.491 e. The van der Waals surface area contributed by atoms with E-state index in [9.17, 15) is 0 Å². The minimum absolute atomic E-state index is 0.706. The van der Waals surface area contributed by atoms with Gasteiger partial charge in [0.05, 0.1) is 16.1 Å². The fourth-order valence-corrected chi connectivity index (χ4v) is 3.00. The van der Waals surface area contributed by atoms with Gasteiger partial charge in [0.2, 0.25) is 0 Å². The van der Waals surface area contributed by atoms with Crippen LogP contribution in [0.15, 0.2) is 33.4 Å². The van der Waals surface area contributed by atoms with E-state index >= 15 is 0 Å². The lowest BCUT2D eigenvalue weighted by Gasteiger charge is -2.13. The number of halogens is 2. The van der Waals surface area contributed by atoms with Crippen LogP contribution in [0.25, 0.3) is 0 Å². The highest BCUT2D eigenvalue weighted by Crippen LogP contribution is 2.29. The third-order valence-corrected chi connectivity index (χ3v) is 4.30. The van der Waals surface area contributed by atoms with Crippen LogP contribution in [0.1, 0.15) is 18.9 Å². The Morgan fingerprint density at radius 1 is 1.37 bits per heavy atom. The van der Waals surface area contributed by atoms with Gasteiger partial charge in [0, 0.05) is 11.6 Å². The maximum atomic E-state index is 6.04. The molecule has 0 aliphatic rings. The van der Waals surface area contributed by atoms with Crippen molar-refractivity contribution in [2.75, 3.05) is 11.9 Å². The van der Waals surface area contributed by atoms with Gasteiger partial charge in [0.25, 0.3) is 0 Å². The first-order valence-corrected chi connectivity index (χ1v) is 8.13. The molecule has 102 valence electrons. The van der Waals surface area contributed by atoms with Crippen molar-refractivity contribution in [1.29, 1.82) is 0 Å². The van der Waals surface area contributed by atoms with E-state index in [1.165, 1.54) is 5.56 Å². The van der Waals surface area contributed by atoms with Crippen LogP contribution in [0.3, 0.4) is 0 Å². The van der Waals surface area contributed by atoms with Gasteiger partial charge in [-0.25, -0.2) is 0 Å². The predicted octanol–water partition coefficient (Wildman–Crippen LogP) is 5.56. The lowest BCUT2D eigenvalue weighted by Crippen LogP contribution is -2.03. The normalized spacial score (nSPS) is 10.5. The second-order valence-corrected chi connectivity index (χ2v) is 6.83. The van der Waals surface area contributed by atoms with Crippen molar-refractivity contribution in [3.8, 4) is 5.75 Å². The van der Waals surface area contributed by atoms with E-state index < -0.39 is 0 Å². The highest BCUT2D eigenvalue weighted by Gasteiger charge is 2.05. The Morgan fingerprint density at radius 3 is 2.89 bits per heavy atom. The molecular formula is C14H15BrClNOS. The summed E-state index contributed by atoms with van der Waals surface area (Å²) in [6.07, 6.45) is 0.986. The van der Waals surface area contributed by atoms with Gasteiger partial charge in [-0.05, 0) is 57.6 Å². The van der Waals surface area contributed by atoms with Gasteiger partial charge in [0.1, 0.15) is 5.75 Å². The average Bonchev–Trinajstić information content (AvgIpc) is 2.81. The highest BCUT2D eigenvalue weighted by atomic mass is 79.9. The Morgan fingerprint density at radius 2 is 2.21 bits per heavy atom. The number of anilines is 1. The summed E-state index contributed by atoms with van der Waals surface area (Å²) in [4.78, 5) is 0. The van der Waals surface area contributed by atoms with Crippen LogP contribution in [0.2, 0.25) is 5.02 Å². The summed E-state index contributed by atoms with van der Waals surface area (Å²) in [5.74, 6) is 0.848. The zero-order valence-corrected chi connectivity index (χ0v) is 13.7. The summed E-state index contributed by atoms with van der Waals surface area (Å²) in [7, 11) is 0. The number of benzene rings is 1. The Labute approximate surface area is 130 Å². The van der Waals surface area contributed by atoms with E-state index in [1.807, 2.05) is 18.2 Å². The Balaban J connectivity index is 2.06. The molecule has 0 saturated carbocycles. The van der Waals surface area contributed by atoms with Crippen LogP contribution < -0.4 is 10.1 Å². The maximum absolute atomic E-state index is 6.04. The minimum atomic E-state index is 0.706. The summed E-state index contributed by atoms with van der Waals surface area (Å²) in [6, 6.07) is 7.76. The summed E-state index contributed by atoms with van der Waals surface area (Å²) in [5.41, 5.74) is 2.17. The maximum Gasteiger partial charge on any atom is 0.142 e. The van der Waals surface area contributed by atoms with E-state index in [-0.39, 0.29) is 0 Å². The zero-order valence-electron chi connectivity index (χ0n) is 10.6. The van der Waals surface area contributed by atoms with Crippen LogP contribution in [0.5, 0.6) is 5.75 Å². The monoisotopic (exact) mass is 359 g/mol. The number of thiophene rings is 1. The van der Waals surface area contributed by atoms with Crippen molar-refractivity contribution in [3.63, 3.8) is 0 Å². The molecule has 1 aromatic carbocycles. The third-order valence-electron chi connectivity index (χ3n) is 2.51. The van der Waals surface area contributed by atoms with Crippen molar-refractivity contribution in [2.45, 2.75) is 19.9 Å². The van der Waals surface area contributed by atoms with Crippen LogP contribution in [-0.4, -0.2) is 6.61 Å². The number of nitrogens with one attached hydrogen (secondary N) is 1. The third kappa shape index (κ3) is 4.41. The molecule has 1 aromatic heterocycles. The molecule has 0 fully saturated rings. The molecule has 0 amide bonds. The van der Waals surface area contributed by atoms with Crippen LogP contribution >= 0.6 is 38.9 Å². The zero-order chi connectivity index (χ0) is 13.7. The molecule has 1 N–H and O–H groups in total. The van der Waals surface area contributed by atoms with E-state index in [4.69, 9.17) is 16.3 Å². The first kappa shape index (κ1) is 14.7. The summed E-state index contributed by atoms with van der Waals surface area (Å²) >= 11 is 11.2. The van der Waals surface area contributed by atoms with E-state index in [0.717, 1.165) is 28.2 Å². The molecule has 0 aliphatic carbocycles. The number of rotatable bonds is 6. The molecule has 19 heavy (non-hydrogen) atoms. The molecule has 0 bridgehead atoms. The van der Waals surface area contributed by atoms with Crippen molar-refractivity contribution in [3.05, 3.63) is 44.0 Å². The van der Waals surface area contributed by atoms with Gasteiger partial charge in [-0.3, -0.25) is 0 Å². The van der Waals surface area contributed by atoms with Gasteiger partial charge in [-0.2, -0.15) is 0 Å². The summed E-state index contributed by atoms with van der Waals surface area (Å²) in [5, 5.41) is 6.19. The summed E-state index contributed by atoms with van der Waals surface area (Å²) in [6.45, 7) is 3.55. The predicted molar refractivity (Wildman–Crippen MR) is 86.6 cm³/mol.